The van der Waals surface area contributed by atoms with Crippen molar-refractivity contribution in [1.82, 2.24) is 0 Å². The van der Waals surface area contributed by atoms with Crippen molar-refractivity contribution < 1.29 is 19.4 Å². The van der Waals surface area contributed by atoms with Gasteiger partial charge >= 0.3 is 6.09 Å². The van der Waals surface area contributed by atoms with Crippen LogP contribution in [-0.4, -0.2) is 22.6 Å². The monoisotopic (exact) mass is 263 g/mol. The van der Waals surface area contributed by atoms with E-state index in [1.54, 1.807) is 20.8 Å². The van der Waals surface area contributed by atoms with E-state index in [0.29, 0.717) is 5.69 Å². The van der Waals surface area contributed by atoms with Gasteiger partial charge < -0.3 is 9.84 Å². The molecule has 0 unspecified atom stereocenters. The molecule has 2 N–H and O–H groups in total. The Balaban J connectivity index is 2.89. The van der Waals surface area contributed by atoms with E-state index in [4.69, 9.17) is 4.74 Å². The summed E-state index contributed by atoms with van der Waals surface area (Å²) in [5.41, 5.74) is -0.179. The van der Waals surface area contributed by atoms with Crippen molar-refractivity contribution in [3.63, 3.8) is 0 Å². The van der Waals surface area contributed by atoms with Crippen molar-refractivity contribution in [2.75, 3.05) is 5.32 Å². The Morgan fingerprint density at radius 3 is 2.53 bits per heavy atom. The minimum Gasteiger partial charge on any atom is -0.507 e. The van der Waals surface area contributed by atoms with Gasteiger partial charge in [-0.25, -0.2) is 4.79 Å². The van der Waals surface area contributed by atoms with Crippen molar-refractivity contribution in [2.24, 2.45) is 0 Å². The number of carbonyl (C=O) groups excluding carboxylic acids is 2. The topological polar surface area (TPSA) is 75.6 Å². The summed E-state index contributed by atoms with van der Waals surface area (Å²) >= 11 is 0. The number of hydrogen-bond donors (Lipinski definition) is 2. The van der Waals surface area contributed by atoms with Crippen molar-refractivity contribution in [3.05, 3.63) is 36.4 Å². The zero-order valence-corrected chi connectivity index (χ0v) is 11.2. The van der Waals surface area contributed by atoms with Crippen LogP contribution in [0.3, 0.4) is 0 Å². The smallest absolute Gasteiger partial charge is 0.412 e. The predicted molar refractivity (Wildman–Crippen MR) is 72.5 cm³/mol. The highest BCUT2D eigenvalue weighted by Gasteiger charge is 2.17. The van der Waals surface area contributed by atoms with Gasteiger partial charge in [0.1, 0.15) is 11.4 Å². The number of aromatic hydroxyl groups is 1. The van der Waals surface area contributed by atoms with Gasteiger partial charge in [-0.1, -0.05) is 6.58 Å². The Morgan fingerprint density at radius 2 is 2.00 bits per heavy atom. The lowest BCUT2D eigenvalue weighted by Crippen LogP contribution is -2.27. The fourth-order valence-corrected chi connectivity index (χ4v) is 1.34. The minimum atomic E-state index is -0.629. The standard InChI is InChI=1S/C14H17NO4/c1-5-11(16)10-8-9(6-7-12(10)17)15-13(18)19-14(2,3)4/h5-8,17H,1H2,2-4H3,(H,15,18). The summed E-state index contributed by atoms with van der Waals surface area (Å²) in [5, 5.41) is 12.0. The lowest BCUT2D eigenvalue weighted by molar-refractivity contribution is 0.0635. The molecule has 5 nitrogen and oxygen atoms in total. The van der Waals surface area contributed by atoms with Gasteiger partial charge in [-0.15, -0.1) is 0 Å². The SMILES string of the molecule is C=CC(=O)c1cc(NC(=O)OC(C)(C)C)ccc1O. The van der Waals surface area contributed by atoms with Crippen LogP contribution >= 0.6 is 0 Å². The number of nitrogens with one attached hydrogen (secondary N) is 1. The number of hydrogen-bond acceptors (Lipinski definition) is 4. The van der Waals surface area contributed by atoms with Gasteiger partial charge in [0, 0.05) is 5.69 Å². The highest BCUT2D eigenvalue weighted by Crippen LogP contribution is 2.22. The van der Waals surface area contributed by atoms with E-state index in [2.05, 4.69) is 11.9 Å². The van der Waals surface area contributed by atoms with Crippen LogP contribution in [0.1, 0.15) is 31.1 Å². The molecule has 0 aliphatic heterocycles. The second-order valence-corrected chi connectivity index (χ2v) is 4.93. The number of benzene rings is 1. The number of anilines is 1. The van der Waals surface area contributed by atoms with E-state index in [1.807, 2.05) is 0 Å². The first-order chi connectivity index (χ1) is 8.73. The third-order valence-corrected chi connectivity index (χ3v) is 2.09. The van der Waals surface area contributed by atoms with Crippen LogP contribution in [0, 0.1) is 0 Å². The molecule has 0 aliphatic rings. The first-order valence-electron chi connectivity index (χ1n) is 5.73. The number of allylic oxidation sites excluding steroid dienone is 1. The summed E-state index contributed by atoms with van der Waals surface area (Å²) in [7, 11) is 0. The highest BCUT2D eigenvalue weighted by atomic mass is 16.6. The van der Waals surface area contributed by atoms with Crippen molar-refractivity contribution in [2.45, 2.75) is 26.4 Å². The Bertz CT molecular complexity index is 515. The van der Waals surface area contributed by atoms with Crippen LogP contribution in [0.2, 0.25) is 0 Å². The van der Waals surface area contributed by atoms with Crippen LogP contribution in [-0.2, 0) is 4.74 Å². The van der Waals surface area contributed by atoms with Gasteiger partial charge in [-0.2, -0.15) is 0 Å². The summed E-state index contributed by atoms with van der Waals surface area (Å²) in [6, 6.07) is 4.16. The van der Waals surface area contributed by atoms with Gasteiger partial charge in [0.2, 0.25) is 0 Å². The molecule has 5 heteroatoms. The molecule has 1 aromatic carbocycles. The number of ketones is 1. The summed E-state index contributed by atoms with van der Waals surface area (Å²) in [6.45, 7) is 8.58. The quantitative estimate of drug-likeness (QED) is 0.499. The van der Waals surface area contributed by atoms with E-state index >= 15 is 0 Å². The number of ether oxygens (including phenoxy) is 1. The maximum Gasteiger partial charge on any atom is 0.412 e. The van der Waals surface area contributed by atoms with E-state index in [9.17, 15) is 14.7 Å². The molecule has 0 bridgehead atoms. The molecule has 0 aliphatic carbocycles. The lowest BCUT2D eigenvalue weighted by Gasteiger charge is -2.19. The Labute approximate surface area is 111 Å². The second-order valence-electron chi connectivity index (χ2n) is 4.93. The summed E-state index contributed by atoms with van der Waals surface area (Å²) < 4.78 is 5.08. The fraction of sp³-hybridized carbons (Fsp3) is 0.286. The van der Waals surface area contributed by atoms with Crippen molar-refractivity contribution in [1.29, 1.82) is 0 Å². The zero-order chi connectivity index (χ0) is 14.6. The third kappa shape index (κ3) is 4.46. The van der Waals surface area contributed by atoms with Crippen LogP contribution in [0.5, 0.6) is 5.75 Å². The first-order valence-corrected chi connectivity index (χ1v) is 5.73. The van der Waals surface area contributed by atoms with Gasteiger partial charge in [-0.05, 0) is 45.0 Å². The van der Waals surface area contributed by atoms with Crippen LogP contribution in [0.25, 0.3) is 0 Å². The first kappa shape index (κ1) is 14.8. The van der Waals surface area contributed by atoms with Gasteiger partial charge in [0.25, 0.3) is 0 Å². The molecule has 0 spiro atoms. The molecule has 0 saturated carbocycles. The number of amides is 1. The molecule has 0 saturated heterocycles. The fourth-order valence-electron chi connectivity index (χ4n) is 1.34. The summed E-state index contributed by atoms with van der Waals surface area (Å²) in [6.07, 6.45) is 0.460. The largest absolute Gasteiger partial charge is 0.507 e. The number of carbonyl (C=O) groups is 2. The van der Waals surface area contributed by atoms with E-state index in [1.165, 1.54) is 18.2 Å². The summed E-state index contributed by atoms with van der Waals surface area (Å²) in [4.78, 5) is 23.0. The van der Waals surface area contributed by atoms with E-state index < -0.39 is 17.5 Å². The Hall–Kier alpha value is -2.30. The van der Waals surface area contributed by atoms with Crippen LogP contribution in [0.4, 0.5) is 10.5 Å². The van der Waals surface area contributed by atoms with Gasteiger partial charge in [0.05, 0.1) is 5.56 Å². The van der Waals surface area contributed by atoms with Gasteiger partial charge in [0.15, 0.2) is 5.78 Å². The molecule has 19 heavy (non-hydrogen) atoms. The average Bonchev–Trinajstić information content (AvgIpc) is 2.28. The molecule has 0 atom stereocenters. The maximum atomic E-state index is 11.6. The molecular weight excluding hydrogens is 246 g/mol. The minimum absolute atomic E-state index is 0.0727. The molecule has 0 heterocycles. The third-order valence-electron chi connectivity index (χ3n) is 2.09. The number of rotatable bonds is 3. The normalized spacial score (nSPS) is 10.7. The number of phenols is 1. The molecule has 0 aromatic heterocycles. The lowest BCUT2D eigenvalue weighted by atomic mass is 10.1. The second kappa shape index (κ2) is 5.56. The van der Waals surface area contributed by atoms with Crippen molar-refractivity contribution in [3.8, 4) is 5.75 Å². The molecule has 102 valence electrons. The van der Waals surface area contributed by atoms with Crippen molar-refractivity contribution >= 4 is 17.6 Å². The van der Waals surface area contributed by atoms with Crippen LogP contribution in [0.15, 0.2) is 30.9 Å². The number of phenolic OH excluding ortho intramolecular Hbond substituents is 1. The molecule has 1 aromatic rings. The molecular formula is C14H17NO4. The van der Waals surface area contributed by atoms with Crippen LogP contribution < -0.4 is 5.32 Å². The maximum absolute atomic E-state index is 11.6. The molecule has 1 amide bonds. The predicted octanol–water partition coefficient (Wildman–Crippen LogP) is 3.11. The zero-order valence-electron chi connectivity index (χ0n) is 11.2. The molecule has 0 fully saturated rings. The van der Waals surface area contributed by atoms with E-state index in [-0.39, 0.29) is 11.3 Å². The summed E-state index contributed by atoms with van der Waals surface area (Å²) in [5.74, 6) is -0.593. The molecule has 1 rings (SSSR count). The highest BCUT2D eigenvalue weighted by molar-refractivity contribution is 6.07. The Kier molecular flexibility index (Phi) is 4.32. The van der Waals surface area contributed by atoms with E-state index in [0.717, 1.165) is 6.08 Å². The average molecular weight is 263 g/mol. The Morgan fingerprint density at radius 1 is 1.37 bits per heavy atom. The van der Waals surface area contributed by atoms with Gasteiger partial charge in [-0.3, -0.25) is 10.1 Å². The molecule has 0 radical (unpaired) electrons.